The molecule has 0 saturated heterocycles. The maximum absolute atomic E-state index is 13.1. The van der Waals surface area contributed by atoms with Crippen molar-refractivity contribution in [2.45, 2.75) is 13.3 Å². The molecule has 2 aromatic heterocycles. The molecule has 10 nitrogen and oxygen atoms in total. The second-order valence-corrected chi connectivity index (χ2v) is 8.57. The van der Waals surface area contributed by atoms with Gasteiger partial charge in [0.05, 0.1) is 29.9 Å². The lowest BCUT2D eigenvalue weighted by molar-refractivity contribution is -0.115. The van der Waals surface area contributed by atoms with Gasteiger partial charge in [0.2, 0.25) is 11.7 Å². The van der Waals surface area contributed by atoms with Crippen molar-refractivity contribution in [1.29, 1.82) is 0 Å². The van der Waals surface area contributed by atoms with Crippen molar-refractivity contribution in [3.05, 3.63) is 83.0 Å². The number of aromatic amines is 2. The number of nitrogens with zero attached hydrogens (tertiary/aromatic N) is 3. The molecule has 0 radical (unpaired) electrons. The first kappa shape index (κ1) is 24.0. The molecule has 0 unspecified atom stereocenters. The number of halogens is 1. The number of benzene rings is 3. The van der Waals surface area contributed by atoms with E-state index in [0.717, 1.165) is 16.7 Å². The Hall–Kier alpha value is -4.70. The minimum absolute atomic E-state index is 0.178. The summed E-state index contributed by atoms with van der Waals surface area (Å²) in [4.78, 5) is 29.0. The third-order valence-corrected chi connectivity index (χ3v) is 5.83. The number of para-hydroxylation sites is 1. The fourth-order valence-electron chi connectivity index (χ4n) is 3.91. The topological polar surface area (TPSA) is 138 Å². The van der Waals surface area contributed by atoms with E-state index in [1.165, 1.54) is 0 Å². The molecule has 0 aliphatic rings. The van der Waals surface area contributed by atoms with Gasteiger partial charge in [0, 0.05) is 16.0 Å². The van der Waals surface area contributed by atoms with Crippen LogP contribution in [0.2, 0.25) is 5.02 Å². The van der Waals surface area contributed by atoms with Crippen molar-refractivity contribution in [2.24, 2.45) is 0 Å². The van der Waals surface area contributed by atoms with E-state index in [0.29, 0.717) is 45.6 Å². The van der Waals surface area contributed by atoms with Gasteiger partial charge in [-0.25, -0.2) is 0 Å². The summed E-state index contributed by atoms with van der Waals surface area (Å²) in [6.45, 7) is 2.50. The fraction of sp³-hybridized carbons (Fsp3) is 0.115. The minimum Gasteiger partial charge on any atom is -0.494 e. The molecule has 2 amide bonds. The van der Waals surface area contributed by atoms with Crippen LogP contribution in [-0.4, -0.2) is 44.0 Å². The quantitative estimate of drug-likeness (QED) is 0.233. The Morgan fingerprint density at radius 1 is 1.00 bits per heavy atom. The zero-order valence-corrected chi connectivity index (χ0v) is 20.5. The summed E-state index contributed by atoms with van der Waals surface area (Å²) in [7, 11) is 0. The molecule has 0 aliphatic carbocycles. The van der Waals surface area contributed by atoms with Gasteiger partial charge in [-0.3, -0.25) is 9.59 Å². The predicted molar refractivity (Wildman–Crippen MR) is 141 cm³/mol. The van der Waals surface area contributed by atoms with Crippen molar-refractivity contribution in [3.8, 4) is 17.1 Å². The van der Waals surface area contributed by atoms with Gasteiger partial charge in [-0.2, -0.15) is 5.21 Å². The number of anilines is 2. The highest BCUT2D eigenvalue weighted by atomic mass is 35.5. The number of nitrogens with one attached hydrogen (secondary N) is 4. The molecule has 0 aliphatic heterocycles. The maximum atomic E-state index is 13.1. The molecule has 5 rings (SSSR count). The summed E-state index contributed by atoms with van der Waals surface area (Å²) in [6.07, 6.45) is 0.201. The first-order valence-electron chi connectivity index (χ1n) is 11.5. The van der Waals surface area contributed by atoms with Crippen LogP contribution in [0.4, 0.5) is 11.4 Å². The summed E-state index contributed by atoms with van der Waals surface area (Å²) in [5.41, 5.74) is 3.39. The van der Waals surface area contributed by atoms with Crippen LogP contribution < -0.4 is 15.4 Å². The number of hydrogen-bond acceptors (Lipinski definition) is 6. The first-order valence-corrected chi connectivity index (χ1v) is 11.9. The molecule has 0 spiro atoms. The largest absolute Gasteiger partial charge is 0.494 e. The molecule has 4 N–H and O–H groups in total. The van der Waals surface area contributed by atoms with Crippen LogP contribution in [0.1, 0.15) is 23.0 Å². The van der Waals surface area contributed by atoms with Crippen molar-refractivity contribution in [1.82, 2.24) is 25.6 Å². The second kappa shape index (κ2) is 10.5. The van der Waals surface area contributed by atoms with Gasteiger partial charge in [0.1, 0.15) is 11.4 Å². The van der Waals surface area contributed by atoms with E-state index in [2.05, 4.69) is 36.2 Å². The molecule has 2 heterocycles. The van der Waals surface area contributed by atoms with Crippen LogP contribution in [0.3, 0.4) is 0 Å². The van der Waals surface area contributed by atoms with Crippen molar-refractivity contribution < 1.29 is 14.3 Å². The standard InChI is InChI=1S/C26H22ClN7O3/c1-2-37-18-9-6-15(7-10-18)12-23(35)28-21-5-3-4-16-13-22(29-24(16)21)26(36)30-20-11-8-17(27)14-19(20)25-31-33-34-32-25/h3-11,13-14,29H,2,12H2,1H3,(H,28,35)(H,30,36)(H,31,32,33,34). The predicted octanol–water partition coefficient (Wildman–Crippen LogP) is 4.83. The fourth-order valence-corrected chi connectivity index (χ4v) is 4.08. The van der Waals surface area contributed by atoms with E-state index in [9.17, 15) is 9.59 Å². The van der Waals surface area contributed by atoms with E-state index in [1.807, 2.05) is 43.3 Å². The number of amides is 2. The van der Waals surface area contributed by atoms with E-state index >= 15 is 0 Å². The Balaban J connectivity index is 1.33. The summed E-state index contributed by atoms with van der Waals surface area (Å²) in [5.74, 6) is 0.502. The normalized spacial score (nSPS) is 10.9. The highest BCUT2D eigenvalue weighted by molar-refractivity contribution is 6.31. The van der Waals surface area contributed by atoms with Crippen molar-refractivity contribution in [3.63, 3.8) is 0 Å². The van der Waals surface area contributed by atoms with Crippen LogP contribution >= 0.6 is 11.6 Å². The third-order valence-electron chi connectivity index (χ3n) is 5.59. The molecule has 186 valence electrons. The molecule has 3 aromatic carbocycles. The Bertz CT molecular complexity index is 1560. The number of fused-ring (bicyclic) bond motifs is 1. The summed E-state index contributed by atoms with van der Waals surface area (Å²) in [6, 6.07) is 19.6. The number of ether oxygens (including phenoxy) is 1. The smallest absolute Gasteiger partial charge is 0.272 e. The van der Waals surface area contributed by atoms with Gasteiger partial charge < -0.3 is 20.4 Å². The van der Waals surface area contributed by atoms with Crippen LogP contribution in [0.5, 0.6) is 5.75 Å². The molecule has 0 atom stereocenters. The molecule has 0 saturated carbocycles. The lowest BCUT2D eigenvalue weighted by Crippen LogP contribution is -2.15. The number of rotatable bonds is 8. The second-order valence-electron chi connectivity index (χ2n) is 8.13. The number of hydrogen-bond donors (Lipinski definition) is 4. The molecular weight excluding hydrogens is 494 g/mol. The zero-order chi connectivity index (χ0) is 25.8. The number of tetrazole rings is 1. The number of aromatic nitrogens is 5. The average Bonchev–Trinajstić information content (AvgIpc) is 3.57. The van der Waals surface area contributed by atoms with Crippen LogP contribution in [0.25, 0.3) is 22.3 Å². The van der Waals surface area contributed by atoms with E-state index in [-0.39, 0.29) is 18.2 Å². The lowest BCUT2D eigenvalue weighted by atomic mass is 10.1. The minimum atomic E-state index is -0.380. The number of carbonyl (C=O) groups excluding carboxylic acids is 2. The van der Waals surface area contributed by atoms with Gasteiger partial charge in [-0.1, -0.05) is 35.9 Å². The monoisotopic (exact) mass is 515 g/mol. The molecule has 0 bridgehead atoms. The highest BCUT2D eigenvalue weighted by Gasteiger charge is 2.17. The Labute approximate surface area is 216 Å². The Morgan fingerprint density at radius 3 is 2.59 bits per heavy atom. The molecular formula is C26H22ClN7O3. The van der Waals surface area contributed by atoms with Crippen molar-refractivity contribution in [2.75, 3.05) is 17.2 Å². The maximum Gasteiger partial charge on any atom is 0.272 e. The Morgan fingerprint density at radius 2 is 1.84 bits per heavy atom. The zero-order valence-electron chi connectivity index (χ0n) is 19.7. The highest BCUT2D eigenvalue weighted by Crippen LogP contribution is 2.29. The van der Waals surface area contributed by atoms with Crippen LogP contribution in [0, 0.1) is 0 Å². The SMILES string of the molecule is CCOc1ccc(CC(=O)Nc2cccc3cc(C(=O)Nc4ccc(Cl)cc4-c4nn[nH]n4)[nH]c23)cc1. The summed E-state index contributed by atoms with van der Waals surface area (Å²) < 4.78 is 5.45. The third kappa shape index (κ3) is 5.44. The van der Waals surface area contributed by atoms with E-state index in [1.54, 1.807) is 30.3 Å². The van der Waals surface area contributed by atoms with Gasteiger partial charge in [-0.05, 0) is 60.2 Å². The van der Waals surface area contributed by atoms with Gasteiger partial charge in [-0.15, -0.1) is 10.2 Å². The number of H-pyrrole nitrogens is 2. The van der Waals surface area contributed by atoms with Crippen molar-refractivity contribution >= 4 is 45.7 Å². The van der Waals surface area contributed by atoms with Gasteiger partial charge in [0.15, 0.2) is 0 Å². The summed E-state index contributed by atoms with van der Waals surface area (Å²) >= 11 is 6.13. The van der Waals surface area contributed by atoms with Gasteiger partial charge >= 0.3 is 0 Å². The summed E-state index contributed by atoms with van der Waals surface area (Å²) in [5, 5.41) is 20.9. The molecule has 5 aromatic rings. The number of carbonyl (C=O) groups is 2. The van der Waals surface area contributed by atoms with Crippen LogP contribution in [-0.2, 0) is 11.2 Å². The van der Waals surface area contributed by atoms with E-state index in [4.69, 9.17) is 16.3 Å². The van der Waals surface area contributed by atoms with Crippen LogP contribution in [0.15, 0.2) is 66.7 Å². The van der Waals surface area contributed by atoms with E-state index < -0.39 is 0 Å². The molecule has 0 fully saturated rings. The first-order chi connectivity index (χ1) is 18.0. The molecule has 11 heteroatoms. The van der Waals surface area contributed by atoms with Gasteiger partial charge in [0.25, 0.3) is 5.91 Å². The lowest BCUT2D eigenvalue weighted by Gasteiger charge is -2.09. The molecule has 37 heavy (non-hydrogen) atoms. The Kier molecular flexibility index (Phi) is 6.82. The average molecular weight is 516 g/mol.